The fourth-order valence-corrected chi connectivity index (χ4v) is 5.29. The summed E-state index contributed by atoms with van der Waals surface area (Å²) in [7, 11) is 0. The molecule has 5 heteroatoms. The van der Waals surface area contributed by atoms with Crippen molar-refractivity contribution in [1.29, 1.82) is 0 Å². The van der Waals surface area contributed by atoms with E-state index in [1.165, 1.54) is 36.5 Å². The third kappa shape index (κ3) is 3.81. The smallest absolute Gasteiger partial charge is 0.0468 e. The number of thioether (sulfide) groups is 2. The molecule has 3 nitrogen and oxygen atoms in total. The van der Waals surface area contributed by atoms with E-state index in [1.54, 1.807) is 0 Å². The fourth-order valence-electron chi connectivity index (χ4n) is 2.41. The molecule has 2 heterocycles. The SMILES string of the molecule is NNC(CC1CCOCC1)C1CSCCS1. The molecule has 16 heavy (non-hydrogen) atoms. The maximum absolute atomic E-state index is 5.72. The van der Waals surface area contributed by atoms with Crippen LogP contribution in [0.25, 0.3) is 0 Å². The molecule has 3 N–H and O–H groups in total. The van der Waals surface area contributed by atoms with Crippen LogP contribution in [0.1, 0.15) is 19.3 Å². The summed E-state index contributed by atoms with van der Waals surface area (Å²) < 4.78 is 5.40. The Kier molecular flexibility index (Phi) is 5.79. The van der Waals surface area contributed by atoms with Crippen molar-refractivity contribution >= 4 is 23.5 Å². The van der Waals surface area contributed by atoms with Crippen molar-refractivity contribution in [2.24, 2.45) is 11.8 Å². The predicted octanol–water partition coefficient (Wildman–Crippen LogP) is 1.48. The Labute approximate surface area is 107 Å². The second-order valence-electron chi connectivity index (χ2n) is 4.55. The normalized spacial score (nSPS) is 30.2. The number of hydrogen-bond donors (Lipinski definition) is 2. The summed E-state index contributed by atoms with van der Waals surface area (Å²) in [5, 5.41) is 0.701. The topological polar surface area (TPSA) is 47.3 Å². The van der Waals surface area contributed by atoms with Crippen molar-refractivity contribution in [1.82, 2.24) is 5.43 Å². The molecule has 2 unspecified atom stereocenters. The summed E-state index contributed by atoms with van der Waals surface area (Å²) in [5.41, 5.74) is 3.04. The van der Waals surface area contributed by atoms with Gasteiger partial charge in [0.25, 0.3) is 0 Å². The monoisotopic (exact) mass is 262 g/mol. The van der Waals surface area contributed by atoms with E-state index in [9.17, 15) is 0 Å². The van der Waals surface area contributed by atoms with Crippen LogP contribution in [0.2, 0.25) is 0 Å². The molecule has 0 aliphatic carbocycles. The maximum atomic E-state index is 5.72. The zero-order chi connectivity index (χ0) is 11.2. The van der Waals surface area contributed by atoms with Gasteiger partial charge in [-0.05, 0) is 25.2 Å². The molecular formula is C11H22N2OS2. The van der Waals surface area contributed by atoms with Gasteiger partial charge in [-0.3, -0.25) is 11.3 Å². The number of ether oxygens (including phenoxy) is 1. The number of hydrogen-bond acceptors (Lipinski definition) is 5. The lowest BCUT2D eigenvalue weighted by Crippen LogP contribution is -2.46. The molecule has 2 saturated heterocycles. The van der Waals surface area contributed by atoms with Crippen LogP contribution in [0.15, 0.2) is 0 Å². The molecule has 2 aliphatic heterocycles. The van der Waals surface area contributed by atoms with E-state index in [2.05, 4.69) is 28.9 Å². The van der Waals surface area contributed by atoms with Gasteiger partial charge in [0.15, 0.2) is 0 Å². The van der Waals surface area contributed by atoms with Crippen molar-refractivity contribution in [3.05, 3.63) is 0 Å². The van der Waals surface area contributed by atoms with Crippen LogP contribution in [-0.4, -0.2) is 41.8 Å². The maximum Gasteiger partial charge on any atom is 0.0468 e. The van der Waals surface area contributed by atoms with Gasteiger partial charge < -0.3 is 4.74 Å². The number of rotatable bonds is 4. The third-order valence-electron chi connectivity index (χ3n) is 3.43. The first-order valence-corrected chi connectivity index (χ1v) is 8.33. The molecule has 0 aromatic carbocycles. The number of nitrogens with one attached hydrogen (secondary N) is 1. The van der Waals surface area contributed by atoms with Gasteiger partial charge in [-0.2, -0.15) is 23.5 Å². The van der Waals surface area contributed by atoms with E-state index >= 15 is 0 Å². The fraction of sp³-hybridized carbons (Fsp3) is 1.00. The van der Waals surface area contributed by atoms with Crippen LogP contribution in [-0.2, 0) is 4.74 Å². The standard InChI is InChI=1S/C11H22N2OS2/c12-13-10(11-8-15-5-6-16-11)7-9-1-3-14-4-2-9/h9-11,13H,1-8,12H2. The third-order valence-corrected chi connectivity index (χ3v) is 6.35. The highest BCUT2D eigenvalue weighted by Crippen LogP contribution is 2.30. The number of nitrogens with two attached hydrogens (primary N) is 1. The van der Waals surface area contributed by atoms with E-state index in [0.717, 1.165) is 19.1 Å². The summed E-state index contributed by atoms with van der Waals surface area (Å²) in [6.07, 6.45) is 3.64. The Hall–Kier alpha value is 0.580. The van der Waals surface area contributed by atoms with Gasteiger partial charge >= 0.3 is 0 Å². The molecule has 0 radical (unpaired) electrons. The average molecular weight is 262 g/mol. The van der Waals surface area contributed by atoms with Crippen molar-refractivity contribution in [2.75, 3.05) is 30.5 Å². The van der Waals surface area contributed by atoms with Crippen LogP contribution >= 0.6 is 23.5 Å². The van der Waals surface area contributed by atoms with E-state index in [4.69, 9.17) is 10.6 Å². The molecule has 2 fully saturated rings. The van der Waals surface area contributed by atoms with E-state index in [0.29, 0.717) is 11.3 Å². The first-order valence-electron chi connectivity index (χ1n) is 6.13. The van der Waals surface area contributed by atoms with E-state index in [-0.39, 0.29) is 0 Å². The predicted molar refractivity (Wildman–Crippen MR) is 72.8 cm³/mol. The zero-order valence-electron chi connectivity index (χ0n) is 9.69. The van der Waals surface area contributed by atoms with Crippen LogP contribution in [0.4, 0.5) is 0 Å². The Morgan fingerprint density at radius 3 is 2.75 bits per heavy atom. The minimum Gasteiger partial charge on any atom is -0.381 e. The van der Waals surface area contributed by atoms with Gasteiger partial charge in [0.05, 0.1) is 0 Å². The highest BCUT2D eigenvalue weighted by Gasteiger charge is 2.27. The molecule has 94 valence electrons. The summed E-state index contributed by atoms with van der Waals surface area (Å²) in [6, 6.07) is 0.487. The van der Waals surface area contributed by atoms with Crippen molar-refractivity contribution in [2.45, 2.75) is 30.6 Å². The molecular weight excluding hydrogens is 240 g/mol. The van der Waals surface area contributed by atoms with Gasteiger partial charge in [-0.25, -0.2) is 0 Å². The molecule has 0 aromatic heterocycles. The van der Waals surface area contributed by atoms with Gasteiger partial charge in [-0.1, -0.05) is 0 Å². The molecule has 0 bridgehead atoms. The zero-order valence-corrected chi connectivity index (χ0v) is 11.3. The highest BCUT2D eigenvalue weighted by atomic mass is 32.2. The van der Waals surface area contributed by atoms with Gasteiger partial charge in [0.2, 0.25) is 0 Å². The van der Waals surface area contributed by atoms with Crippen LogP contribution in [0, 0.1) is 5.92 Å². The minimum atomic E-state index is 0.487. The molecule has 2 aliphatic rings. The Balaban J connectivity index is 1.78. The average Bonchev–Trinajstić information content (AvgIpc) is 2.38. The molecule has 2 rings (SSSR count). The molecule has 0 saturated carbocycles. The Morgan fingerprint density at radius 2 is 2.12 bits per heavy atom. The first-order chi connectivity index (χ1) is 7.90. The molecule has 0 spiro atoms. The van der Waals surface area contributed by atoms with Crippen LogP contribution in [0.5, 0.6) is 0 Å². The van der Waals surface area contributed by atoms with Crippen molar-refractivity contribution in [3.63, 3.8) is 0 Å². The summed E-state index contributed by atoms with van der Waals surface area (Å²) in [6.45, 7) is 1.88. The summed E-state index contributed by atoms with van der Waals surface area (Å²) >= 11 is 4.16. The summed E-state index contributed by atoms with van der Waals surface area (Å²) in [5.74, 6) is 10.4. The Bertz CT molecular complexity index is 194. The highest BCUT2D eigenvalue weighted by molar-refractivity contribution is 8.06. The van der Waals surface area contributed by atoms with Crippen LogP contribution < -0.4 is 11.3 Å². The van der Waals surface area contributed by atoms with Crippen LogP contribution in [0.3, 0.4) is 0 Å². The molecule has 0 amide bonds. The lowest BCUT2D eigenvalue weighted by molar-refractivity contribution is 0.0606. The van der Waals surface area contributed by atoms with Gasteiger partial charge in [-0.15, -0.1) is 0 Å². The largest absolute Gasteiger partial charge is 0.381 e. The molecule has 0 aromatic rings. The quantitative estimate of drug-likeness (QED) is 0.594. The number of hydrazine groups is 1. The van der Waals surface area contributed by atoms with E-state index in [1.807, 2.05) is 0 Å². The Morgan fingerprint density at radius 1 is 1.31 bits per heavy atom. The summed E-state index contributed by atoms with van der Waals surface area (Å²) in [4.78, 5) is 0. The van der Waals surface area contributed by atoms with Crippen molar-refractivity contribution < 1.29 is 4.74 Å². The van der Waals surface area contributed by atoms with Gasteiger partial charge in [0, 0.05) is 41.8 Å². The minimum absolute atomic E-state index is 0.487. The second kappa shape index (κ2) is 7.11. The van der Waals surface area contributed by atoms with E-state index < -0.39 is 0 Å². The van der Waals surface area contributed by atoms with Crippen molar-refractivity contribution in [3.8, 4) is 0 Å². The lowest BCUT2D eigenvalue weighted by atomic mass is 9.91. The first kappa shape index (κ1) is 13.0. The second-order valence-corrected chi connectivity index (χ2v) is 7.05. The van der Waals surface area contributed by atoms with Gasteiger partial charge in [0.1, 0.15) is 0 Å². The lowest BCUT2D eigenvalue weighted by Gasteiger charge is -2.32. The molecule has 2 atom stereocenters.